The molecule has 1 heterocycles. The number of benzene rings is 2. The van der Waals surface area contributed by atoms with Crippen molar-refractivity contribution in [2.24, 2.45) is 0 Å². The largest absolute Gasteiger partial charge is 0.323 e. The second-order valence-electron chi connectivity index (χ2n) is 5.16. The summed E-state index contributed by atoms with van der Waals surface area (Å²) < 4.78 is 25.4. The van der Waals surface area contributed by atoms with Gasteiger partial charge in [0.15, 0.2) is 4.75 Å². The Kier molecular flexibility index (Phi) is 3.81. The molecule has 0 radical (unpaired) electrons. The highest BCUT2D eigenvalue weighted by Crippen LogP contribution is 2.42. The molecule has 0 saturated carbocycles. The predicted octanol–water partition coefficient (Wildman–Crippen LogP) is 3.41. The number of anilines is 2. The zero-order chi connectivity index (χ0) is 16.6. The number of hydrogen-bond acceptors (Lipinski definition) is 3. The fourth-order valence-corrected chi connectivity index (χ4v) is 3.25. The lowest BCUT2D eigenvalue weighted by Gasteiger charge is -2.31. The van der Waals surface area contributed by atoms with Gasteiger partial charge in [0, 0.05) is 11.0 Å². The second kappa shape index (κ2) is 5.66. The Morgan fingerprint density at radius 1 is 1.22 bits per heavy atom. The Bertz CT molecular complexity index is 812. The second-order valence-corrected chi connectivity index (χ2v) is 6.62. The van der Waals surface area contributed by atoms with Gasteiger partial charge in [0.2, 0.25) is 11.8 Å². The number of carbonyl (C=O) groups is 2. The maximum absolute atomic E-state index is 13.7. The average molecular weight is 334 g/mol. The Balaban J connectivity index is 1.89. The number of carbonyl (C=O) groups excluding carboxylic acids is 2. The fraction of sp³-hybridized carbons (Fsp3) is 0.125. The van der Waals surface area contributed by atoms with E-state index >= 15 is 0 Å². The lowest BCUT2D eigenvalue weighted by atomic mass is 10.1. The summed E-state index contributed by atoms with van der Waals surface area (Å²) in [7, 11) is 0. The van der Waals surface area contributed by atoms with Crippen LogP contribution in [0.25, 0.3) is 0 Å². The number of hydrogen-bond donors (Lipinski definition) is 2. The van der Waals surface area contributed by atoms with Crippen molar-refractivity contribution in [2.75, 3.05) is 10.6 Å². The van der Waals surface area contributed by atoms with Crippen LogP contribution in [0.15, 0.2) is 47.4 Å². The summed E-state index contributed by atoms with van der Waals surface area (Å²) in [5.74, 6) is -2.70. The third-order valence-corrected chi connectivity index (χ3v) is 4.85. The van der Waals surface area contributed by atoms with Gasteiger partial charge in [0.05, 0.1) is 11.4 Å². The zero-order valence-corrected chi connectivity index (χ0v) is 12.8. The van der Waals surface area contributed by atoms with E-state index in [9.17, 15) is 18.4 Å². The van der Waals surface area contributed by atoms with E-state index < -0.39 is 28.2 Å². The summed E-state index contributed by atoms with van der Waals surface area (Å²) in [5, 5.41) is 4.94. The molecule has 1 aliphatic rings. The summed E-state index contributed by atoms with van der Waals surface area (Å²) in [6.07, 6.45) is 0. The summed E-state index contributed by atoms with van der Waals surface area (Å²) in [5.41, 5.74) is 0.313. The van der Waals surface area contributed by atoms with Crippen LogP contribution in [0, 0.1) is 11.6 Å². The van der Waals surface area contributed by atoms with Crippen LogP contribution in [0.4, 0.5) is 20.2 Å². The molecule has 0 fully saturated rings. The van der Waals surface area contributed by atoms with Crippen molar-refractivity contribution in [3.8, 4) is 0 Å². The third-order valence-electron chi connectivity index (χ3n) is 3.49. The van der Waals surface area contributed by atoms with Crippen molar-refractivity contribution in [1.82, 2.24) is 0 Å². The van der Waals surface area contributed by atoms with Crippen molar-refractivity contribution in [3.63, 3.8) is 0 Å². The van der Waals surface area contributed by atoms with Crippen LogP contribution in [-0.2, 0) is 9.59 Å². The number of nitrogens with one attached hydrogen (secondary N) is 2. The number of amides is 2. The van der Waals surface area contributed by atoms with Crippen LogP contribution in [0.5, 0.6) is 0 Å². The molecule has 0 spiro atoms. The summed E-state index contributed by atoms with van der Waals surface area (Å²) in [4.78, 5) is 25.5. The minimum Gasteiger partial charge on any atom is -0.323 e. The van der Waals surface area contributed by atoms with Gasteiger partial charge in [-0.1, -0.05) is 23.9 Å². The molecular formula is C16H12F2N2O2S. The molecular weight excluding hydrogens is 322 g/mol. The SMILES string of the molecule is CC1(C(=O)Nc2cc(F)ccc2F)Sc2ccccc2NC1=O. The number of rotatable bonds is 2. The van der Waals surface area contributed by atoms with Crippen LogP contribution in [0.3, 0.4) is 0 Å². The smallest absolute Gasteiger partial charge is 0.250 e. The van der Waals surface area contributed by atoms with Gasteiger partial charge in [0.25, 0.3) is 0 Å². The van der Waals surface area contributed by atoms with Crippen LogP contribution in [0.2, 0.25) is 0 Å². The zero-order valence-electron chi connectivity index (χ0n) is 12.0. The van der Waals surface area contributed by atoms with Gasteiger partial charge in [-0.3, -0.25) is 9.59 Å². The molecule has 0 saturated heterocycles. The third kappa shape index (κ3) is 2.79. The number of halogens is 2. The number of para-hydroxylation sites is 1. The minimum absolute atomic E-state index is 0.302. The van der Waals surface area contributed by atoms with Crippen LogP contribution >= 0.6 is 11.8 Å². The normalized spacial score (nSPS) is 19.7. The molecule has 1 unspecified atom stereocenters. The maximum Gasteiger partial charge on any atom is 0.250 e. The molecule has 23 heavy (non-hydrogen) atoms. The molecule has 3 rings (SSSR count). The molecule has 2 aromatic rings. The topological polar surface area (TPSA) is 58.2 Å². The summed E-state index contributed by atoms with van der Waals surface area (Å²) >= 11 is 1.06. The first kappa shape index (κ1) is 15.5. The Labute approximate surface area is 135 Å². The van der Waals surface area contributed by atoms with Crippen molar-refractivity contribution < 1.29 is 18.4 Å². The maximum atomic E-state index is 13.7. The van der Waals surface area contributed by atoms with Gasteiger partial charge in [-0.25, -0.2) is 8.78 Å². The highest BCUT2D eigenvalue weighted by Gasteiger charge is 2.46. The predicted molar refractivity (Wildman–Crippen MR) is 84.3 cm³/mol. The molecule has 0 aromatic heterocycles. The molecule has 2 amide bonds. The Morgan fingerprint density at radius 3 is 2.74 bits per heavy atom. The van der Waals surface area contributed by atoms with Gasteiger partial charge in [-0.2, -0.15) is 0 Å². The van der Waals surface area contributed by atoms with E-state index in [4.69, 9.17) is 0 Å². The molecule has 1 aliphatic heterocycles. The lowest BCUT2D eigenvalue weighted by molar-refractivity contribution is -0.126. The van der Waals surface area contributed by atoms with E-state index in [1.165, 1.54) is 6.92 Å². The van der Waals surface area contributed by atoms with E-state index in [1.807, 2.05) is 0 Å². The Morgan fingerprint density at radius 2 is 1.96 bits per heavy atom. The number of fused-ring (bicyclic) bond motifs is 1. The van der Waals surface area contributed by atoms with E-state index in [0.717, 1.165) is 34.9 Å². The average Bonchev–Trinajstić information content (AvgIpc) is 2.52. The van der Waals surface area contributed by atoms with E-state index in [-0.39, 0.29) is 5.69 Å². The fourth-order valence-electron chi connectivity index (χ4n) is 2.15. The van der Waals surface area contributed by atoms with Gasteiger partial charge in [-0.15, -0.1) is 0 Å². The van der Waals surface area contributed by atoms with Crippen molar-refractivity contribution in [3.05, 3.63) is 54.1 Å². The molecule has 0 bridgehead atoms. The summed E-state index contributed by atoms with van der Waals surface area (Å²) in [6, 6.07) is 9.79. The van der Waals surface area contributed by atoms with E-state index in [2.05, 4.69) is 10.6 Å². The first-order valence-electron chi connectivity index (χ1n) is 6.76. The molecule has 4 nitrogen and oxygen atoms in total. The summed E-state index contributed by atoms with van der Waals surface area (Å²) in [6.45, 7) is 1.44. The lowest BCUT2D eigenvalue weighted by Crippen LogP contribution is -2.49. The molecule has 1 atom stereocenters. The standard InChI is InChI=1S/C16H12F2N2O2S/c1-16(14(21)19-11-4-2-3-5-13(11)23-16)15(22)20-12-8-9(17)6-7-10(12)18/h2-8H,1H3,(H,19,21)(H,20,22). The number of thioether (sulfide) groups is 1. The highest BCUT2D eigenvalue weighted by atomic mass is 32.2. The van der Waals surface area contributed by atoms with Gasteiger partial charge in [-0.05, 0) is 31.2 Å². The molecule has 2 N–H and O–H groups in total. The van der Waals surface area contributed by atoms with Crippen molar-refractivity contribution in [1.29, 1.82) is 0 Å². The van der Waals surface area contributed by atoms with Crippen LogP contribution in [-0.4, -0.2) is 16.6 Å². The van der Waals surface area contributed by atoms with Crippen molar-refractivity contribution >= 4 is 35.0 Å². The van der Waals surface area contributed by atoms with Crippen LogP contribution in [0.1, 0.15) is 6.92 Å². The van der Waals surface area contributed by atoms with E-state index in [1.54, 1.807) is 24.3 Å². The molecule has 7 heteroatoms. The monoisotopic (exact) mass is 334 g/mol. The first-order valence-corrected chi connectivity index (χ1v) is 7.58. The highest BCUT2D eigenvalue weighted by molar-refractivity contribution is 8.02. The van der Waals surface area contributed by atoms with Gasteiger partial charge < -0.3 is 10.6 Å². The van der Waals surface area contributed by atoms with Gasteiger partial charge >= 0.3 is 0 Å². The molecule has 118 valence electrons. The van der Waals surface area contributed by atoms with Crippen LogP contribution < -0.4 is 10.6 Å². The molecule has 0 aliphatic carbocycles. The Hall–Kier alpha value is -2.41. The first-order chi connectivity index (χ1) is 10.9. The van der Waals surface area contributed by atoms with E-state index in [0.29, 0.717) is 5.69 Å². The minimum atomic E-state index is -1.49. The molecule has 2 aromatic carbocycles. The quantitative estimate of drug-likeness (QED) is 0.828. The van der Waals surface area contributed by atoms with Crippen molar-refractivity contribution in [2.45, 2.75) is 16.6 Å². The van der Waals surface area contributed by atoms with Gasteiger partial charge in [0.1, 0.15) is 11.6 Å².